The molecule has 4 atom stereocenters. The molecule has 0 bridgehead atoms. The van der Waals surface area contributed by atoms with E-state index >= 15 is 0 Å². The van der Waals surface area contributed by atoms with E-state index in [4.69, 9.17) is 9.47 Å². The van der Waals surface area contributed by atoms with Crippen LogP contribution < -0.4 is 16.0 Å². The number of benzene rings is 3. The fourth-order valence-corrected chi connectivity index (χ4v) is 4.81. The number of alkyl carbamates (subject to hydrolysis) is 1. The molecule has 4 unspecified atom stereocenters. The Morgan fingerprint density at radius 2 is 1.28 bits per heavy atom. The Labute approximate surface area is 276 Å². The third kappa shape index (κ3) is 12.8. The van der Waals surface area contributed by atoms with Gasteiger partial charge in [0.15, 0.2) is 0 Å². The van der Waals surface area contributed by atoms with Gasteiger partial charge in [-0.25, -0.2) is 14.4 Å². The van der Waals surface area contributed by atoms with Crippen LogP contribution in [0.15, 0.2) is 91.0 Å². The number of ether oxygens (including phenoxy) is 2. The first-order valence-electron chi connectivity index (χ1n) is 15.6. The van der Waals surface area contributed by atoms with Crippen LogP contribution in [-0.2, 0) is 38.4 Å². The number of carbonyl (C=O) groups is 4. The number of aliphatic hydroxyl groups is 1. The van der Waals surface area contributed by atoms with Crippen LogP contribution in [0.25, 0.3) is 0 Å². The van der Waals surface area contributed by atoms with Gasteiger partial charge in [0.2, 0.25) is 5.91 Å². The zero-order chi connectivity index (χ0) is 34.4. The molecule has 0 saturated carbocycles. The van der Waals surface area contributed by atoms with E-state index < -0.39 is 53.8 Å². The molecule has 3 rings (SSSR count). The first kappa shape index (κ1) is 36.6. The van der Waals surface area contributed by atoms with Crippen molar-refractivity contribution < 1.29 is 33.8 Å². The van der Waals surface area contributed by atoms with Crippen LogP contribution >= 0.6 is 0 Å². The Morgan fingerprint density at radius 1 is 0.766 bits per heavy atom. The quantitative estimate of drug-likeness (QED) is 0.194. The number of hydrogen-bond acceptors (Lipinski definition) is 7. The van der Waals surface area contributed by atoms with Gasteiger partial charge in [-0.2, -0.15) is 0 Å². The molecule has 4 N–H and O–H groups in total. The number of esters is 1. The van der Waals surface area contributed by atoms with E-state index in [9.17, 15) is 24.3 Å². The second kappa shape index (κ2) is 17.7. The smallest absolute Gasteiger partial charge is 0.407 e. The van der Waals surface area contributed by atoms with Gasteiger partial charge in [-0.15, -0.1) is 0 Å². The zero-order valence-electron chi connectivity index (χ0n) is 27.6. The molecule has 0 fully saturated rings. The molecule has 47 heavy (non-hydrogen) atoms. The van der Waals surface area contributed by atoms with E-state index in [0.717, 1.165) is 16.7 Å². The largest absolute Gasteiger partial charge is 0.467 e. The number of rotatable bonds is 14. The Hall–Kier alpha value is -4.90. The van der Waals surface area contributed by atoms with Crippen molar-refractivity contribution in [3.63, 3.8) is 0 Å². The second-order valence-corrected chi connectivity index (χ2v) is 12.3. The number of amides is 4. The summed E-state index contributed by atoms with van der Waals surface area (Å²) in [6.45, 7) is 6.67. The van der Waals surface area contributed by atoms with Crippen LogP contribution in [0.1, 0.15) is 44.4 Å². The van der Waals surface area contributed by atoms with Crippen LogP contribution in [0, 0.1) is 0 Å². The van der Waals surface area contributed by atoms with Crippen LogP contribution in [-0.4, -0.2) is 77.5 Å². The summed E-state index contributed by atoms with van der Waals surface area (Å²) in [4.78, 5) is 53.5. The van der Waals surface area contributed by atoms with Crippen LogP contribution in [0.5, 0.6) is 0 Å². The molecule has 0 aromatic heterocycles. The normalized spacial score (nSPS) is 13.7. The third-order valence-electron chi connectivity index (χ3n) is 7.19. The van der Waals surface area contributed by atoms with Crippen LogP contribution in [0.2, 0.25) is 0 Å². The lowest BCUT2D eigenvalue weighted by molar-refractivity contribution is -0.145. The molecule has 252 valence electrons. The van der Waals surface area contributed by atoms with Crippen molar-refractivity contribution in [1.29, 1.82) is 0 Å². The van der Waals surface area contributed by atoms with Crippen molar-refractivity contribution >= 4 is 24.0 Å². The van der Waals surface area contributed by atoms with Gasteiger partial charge in [0.1, 0.15) is 17.7 Å². The van der Waals surface area contributed by atoms with E-state index in [1.807, 2.05) is 91.0 Å². The number of urea groups is 1. The topological polar surface area (TPSA) is 146 Å². The molecular formula is C36H46N4O7. The molecule has 11 nitrogen and oxygen atoms in total. The Balaban J connectivity index is 1.77. The summed E-state index contributed by atoms with van der Waals surface area (Å²) in [6.07, 6.45) is -1.43. The molecule has 0 aliphatic rings. The lowest BCUT2D eigenvalue weighted by Crippen LogP contribution is -2.56. The van der Waals surface area contributed by atoms with Gasteiger partial charge in [0.05, 0.1) is 25.8 Å². The highest BCUT2D eigenvalue weighted by atomic mass is 16.6. The van der Waals surface area contributed by atoms with Gasteiger partial charge >= 0.3 is 18.1 Å². The third-order valence-corrected chi connectivity index (χ3v) is 7.19. The average Bonchev–Trinajstić information content (AvgIpc) is 3.03. The van der Waals surface area contributed by atoms with E-state index in [2.05, 4.69) is 16.0 Å². The Bertz CT molecular complexity index is 1430. The van der Waals surface area contributed by atoms with Crippen molar-refractivity contribution in [2.75, 3.05) is 13.7 Å². The van der Waals surface area contributed by atoms with Crippen LogP contribution in [0.4, 0.5) is 9.59 Å². The van der Waals surface area contributed by atoms with Crippen molar-refractivity contribution in [3.05, 3.63) is 108 Å². The number of nitrogens with one attached hydrogen (secondary N) is 3. The summed E-state index contributed by atoms with van der Waals surface area (Å²) in [5, 5.41) is 19.6. The first-order chi connectivity index (χ1) is 22.3. The molecule has 0 heterocycles. The maximum absolute atomic E-state index is 13.7. The highest BCUT2D eigenvalue weighted by Gasteiger charge is 2.30. The van der Waals surface area contributed by atoms with E-state index in [-0.39, 0.29) is 25.9 Å². The van der Waals surface area contributed by atoms with Gasteiger partial charge in [-0.3, -0.25) is 4.79 Å². The van der Waals surface area contributed by atoms with E-state index in [1.165, 1.54) is 18.9 Å². The summed E-state index contributed by atoms with van der Waals surface area (Å²) in [7, 11) is 1.24. The second-order valence-electron chi connectivity index (χ2n) is 12.3. The number of carbonyl (C=O) groups excluding carboxylic acids is 4. The number of aliphatic hydroxyl groups excluding tert-OH is 1. The molecule has 0 saturated heterocycles. The fourth-order valence-electron chi connectivity index (χ4n) is 4.81. The fraction of sp³-hybridized carbons (Fsp3) is 0.389. The minimum Gasteiger partial charge on any atom is -0.467 e. The minimum atomic E-state index is -1.21. The van der Waals surface area contributed by atoms with Crippen LogP contribution in [0.3, 0.4) is 0 Å². The highest BCUT2D eigenvalue weighted by Crippen LogP contribution is 2.14. The van der Waals surface area contributed by atoms with Gasteiger partial charge in [-0.05, 0) is 50.8 Å². The van der Waals surface area contributed by atoms with E-state index in [1.54, 1.807) is 20.8 Å². The lowest BCUT2D eigenvalue weighted by atomic mass is 10.0. The summed E-state index contributed by atoms with van der Waals surface area (Å²) in [5.74, 6) is -1.20. The summed E-state index contributed by atoms with van der Waals surface area (Å²) >= 11 is 0. The molecule has 0 spiro atoms. The van der Waals surface area contributed by atoms with E-state index in [0.29, 0.717) is 0 Å². The summed E-state index contributed by atoms with van der Waals surface area (Å²) in [6, 6.07) is 24.3. The SMILES string of the molecule is COC(=O)C(Cc1ccccc1)NC(=O)C(C)NC(=O)N(Cc1ccccc1)CC(O)C(Cc1ccccc1)NC(=O)OC(C)(C)C. The molecule has 0 aliphatic carbocycles. The van der Waals surface area contributed by atoms with Gasteiger partial charge < -0.3 is 35.4 Å². The lowest BCUT2D eigenvalue weighted by Gasteiger charge is -2.32. The Kier molecular flexibility index (Phi) is 13.8. The monoisotopic (exact) mass is 646 g/mol. The molecule has 11 heteroatoms. The molecular weight excluding hydrogens is 600 g/mol. The number of hydrogen-bond donors (Lipinski definition) is 4. The highest BCUT2D eigenvalue weighted by molar-refractivity contribution is 5.90. The van der Waals surface area contributed by atoms with Gasteiger partial charge in [0, 0.05) is 13.0 Å². The summed E-state index contributed by atoms with van der Waals surface area (Å²) < 4.78 is 10.3. The average molecular weight is 647 g/mol. The van der Waals surface area contributed by atoms with Crippen molar-refractivity contribution in [2.45, 2.75) is 76.9 Å². The standard InChI is InChI=1S/C36H46N4O7/c1-25(32(42)38-30(33(43)46-5)22-27-17-11-7-12-18-27)37-34(44)40(23-28-19-13-8-14-20-28)24-31(41)29(21-26-15-9-6-10-16-26)39-35(45)47-36(2,3)4/h6-20,25,29-31,41H,21-24H2,1-5H3,(H,37,44)(H,38,42)(H,39,45). The predicted octanol–water partition coefficient (Wildman–Crippen LogP) is 3.98. The van der Waals surface area contributed by atoms with Crippen molar-refractivity contribution in [3.8, 4) is 0 Å². The molecule has 3 aromatic carbocycles. The molecule has 4 amide bonds. The molecule has 0 aliphatic heterocycles. The predicted molar refractivity (Wildman–Crippen MR) is 178 cm³/mol. The van der Waals surface area contributed by atoms with Crippen molar-refractivity contribution in [1.82, 2.24) is 20.9 Å². The maximum atomic E-state index is 13.7. The Morgan fingerprint density at radius 3 is 1.79 bits per heavy atom. The number of nitrogens with zero attached hydrogens (tertiary/aromatic N) is 1. The maximum Gasteiger partial charge on any atom is 0.407 e. The van der Waals surface area contributed by atoms with Crippen molar-refractivity contribution in [2.24, 2.45) is 0 Å². The first-order valence-corrected chi connectivity index (χ1v) is 15.6. The molecule has 0 radical (unpaired) electrons. The molecule has 3 aromatic rings. The zero-order valence-corrected chi connectivity index (χ0v) is 27.6. The van der Waals surface area contributed by atoms with Gasteiger partial charge in [-0.1, -0.05) is 91.0 Å². The van der Waals surface area contributed by atoms with Gasteiger partial charge in [0.25, 0.3) is 0 Å². The number of methoxy groups -OCH3 is 1. The summed E-state index contributed by atoms with van der Waals surface area (Å²) in [5.41, 5.74) is 1.73. The minimum absolute atomic E-state index is 0.112.